The van der Waals surface area contributed by atoms with Crippen molar-refractivity contribution in [3.05, 3.63) is 51.9 Å². The van der Waals surface area contributed by atoms with Crippen LogP contribution < -0.4 is 5.32 Å². The second kappa shape index (κ2) is 9.23. The fourth-order valence-corrected chi connectivity index (χ4v) is 6.31. The molecule has 0 aliphatic heterocycles. The van der Waals surface area contributed by atoms with Gasteiger partial charge in [-0.2, -0.15) is 5.26 Å². The third kappa shape index (κ3) is 4.38. The highest BCUT2D eigenvalue weighted by Gasteiger charge is 2.40. The Hall–Kier alpha value is -2.65. The fraction of sp³-hybridized carbons (Fsp3) is 0.480. The molecule has 1 saturated carbocycles. The first-order valence-corrected chi connectivity index (χ1v) is 12.0. The van der Waals surface area contributed by atoms with Crippen LogP contribution >= 0.6 is 11.3 Å². The molecular formula is C25H28N2O3S. The number of rotatable bonds is 6. The van der Waals surface area contributed by atoms with E-state index < -0.39 is 5.41 Å². The molecule has 0 radical (unpaired) electrons. The summed E-state index contributed by atoms with van der Waals surface area (Å²) in [5, 5.41) is 13.7. The Morgan fingerprint density at radius 1 is 1.26 bits per heavy atom. The molecule has 2 aliphatic rings. The monoisotopic (exact) mass is 436 g/mol. The number of ether oxygens (including phenoxy) is 1. The largest absolute Gasteiger partial charge is 0.462 e. The molecule has 0 saturated heterocycles. The number of fused-ring (bicyclic) bond motifs is 1. The zero-order valence-corrected chi connectivity index (χ0v) is 18.7. The van der Waals surface area contributed by atoms with Crippen LogP contribution in [0.1, 0.15) is 71.8 Å². The smallest absolute Gasteiger partial charge is 0.341 e. The predicted molar refractivity (Wildman–Crippen MR) is 121 cm³/mol. The van der Waals surface area contributed by atoms with Gasteiger partial charge in [0.05, 0.1) is 23.7 Å². The summed E-state index contributed by atoms with van der Waals surface area (Å²) in [5.74, 6) is 0.0101. The van der Waals surface area contributed by atoms with Gasteiger partial charge in [-0.15, -0.1) is 11.3 Å². The number of carbonyl (C=O) groups excluding carboxylic acids is 2. The fourth-order valence-electron chi connectivity index (χ4n) is 4.95. The average molecular weight is 437 g/mol. The van der Waals surface area contributed by atoms with E-state index in [2.05, 4.69) is 11.4 Å². The number of esters is 1. The second-order valence-corrected chi connectivity index (χ2v) is 9.67. The minimum atomic E-state index is -0.615. The van der Waals surface area contributed by atoms with E-state index >= 15 is 0 Å². The maximum atomic E-state index is 12.8. The van der Waals surface area contributed by atoms with Crippen molar-refractivity contribution < 1.29 is 14.3 Å². The zero-order valence-electron chi connectivity index (χ0n) is 17.9. The summed E-state index contributed by atoms with van der Waals surface area (Å²) in [4.78, 5) is 26.5. The lowest BCUT2D eigenvalue weighted by Gasteiger charge is -2.31. The first-order chi connectivity index (χ1) is 15.1. The number of amides is 1. The number of hydrogen-bond acceptors (Lipinski definition) is 5. The zero-order chi connectivity index (χ0) is 21.8. The highest BCUT2D eigenvalue weighted by Crippen LogP contribution is 2.45. The molecule has 0 bridgehead atoms. The molecule has 6 heteroatoms. The van der Waals surface area contributed by atoms with Gasteiger partial charge >= 0.3 is 5.97 Å². The Morgan fingerprint density at radius 3 is 2.68 bits per heavy atom. The number of carbonyl (C=O) groups is 2. The highest BCUT2D eigenvalue weighted by molar-refractivity contribution is 7.17. The lowest BCUT2D eigenvalue weighted by Crippen LogP contribution is -2.31. The van der Waals surface area contributed by atoms with E-state index in [1.165, 1.54) is 24.2 Å². The van der Waals surface area contributed by atoms with Crippen molar-refractivity contribution in [3.63, 3.8) is 0 Å². The lowest BCUT2D eigenvalue weighted by atomic mass is 9.70. The topological polar surface area (TPSA) is 79.2 Å². The third-order valence-electron chi connectivity index (χ3n) is 6.58. The molecule has 2 aromatic rings. The number of thiophene rings is 1. The summed E-state index contributed by atoms with van der Waals surface area (Å²) in [7, 11) is 0. The summed E-state index contributed by atoms with van der Waals surface area (Å²) in [5.41, 5.74) is 1.81. The van der Waals surface area contributed by atoms with Crippen LogP contribution in [0, 0.1) is 17.2 Å². The molecule has 1 atom stereocenters. The van der Waals surface area contributed by atoms with Gasteiger partial charge in [-0.3, -0.25) is 4.79 Å². The summed E-state index contributed by atoms with van der Waals surface area (Å²) < 4.78 is 5.32. The van der Waals surface area contributed by atoms with Gasteiger partial charge in [0.15, 0.2) is 0 Å². The van der Waals surface area contributed by atoms with Gasteiger partial charge in [-0.25, -0.2) is 4.79 Å². The van der Waals surface area contributed by atoms with Crippen LogP contribution in [0.3, 0.4) is 0 Å². The van der Waals surface area contributed by atoms with Crippen molar-refractivity contribution in [1.82, 2.24) is 0 Å². The Morgan fingerprint density at radius 2 is 2.00 bits per heavy atom. The van der Waals surface area contributed by atoms with E-state index in [-0.39, 0.29) is 18.5 Å². The lowest BCUT2D eigenvalue weighted by molar-refractivity contribution is -0.117. The minimum absolute atomic E-state index is 0.0364. The molecule has 1 amide bonds. The number of benzene rings is 1. The molecule has 1 unspecified atom stereocenters. The molecule has 1 aromatic heterocycles. The van der Waals surface area contributed by atoms with Gasteiger partial charge in [0.25, 0.3) is 0 Å². The Balaban J connectivity index is 1.64. The average Bonchev–Trinajstić information content (AvgIpc) is 3.41. The van der Waals surface area contributed by atoms with E-state index in [4.69, 9.17) is 4.74 Å². The molecule has 0 spiro atoms. The summed E-state index contributed by atoms with van der Waals surface area (Å²) in [6.07, 6.45) is 6.86. The van der Waals surface area contributed by atoms with Crippen molar-refractivity contribution in [3.8, 4) is 6.07 Å². The van der Waals surface area contributed by atoms with Crippen LogP contribution in [0.4, 0.5) is 5.00 Å². The maximum absolute atomic E-state index is 12.8. The Labute approximate surface area is 187 Å². The maximum Gasteiger partial charge on any atom is 0.341 e. The van der Waals surface area contributed by atoms with Crippen LogP contribution in [0.5, 0.6) is 0 Å². The first kappa shape index (κ1) is 21.6. The van der Waals surface area contributed by atoms with E-state index in [1.807, 2.05) is 30.3 Å². The molecule has 162 valence electrons. The molecule has 5 nitrogen and oxygen atoms in total. The molecule has 1 fully saturated rings. The Kier molecular flexibility index (Phi) is 6.43. The van der Waals surface area contributed by atoms with Crippen LogP contribution in [0.2, 0.25) is 0 Å². The SMILES string of the molecule is CCOC(=O)c1c(NC(=O)CC2CCCC2)sc2c1CCC(C#N)(c1ccccc1)C2. The Bertz CT molecular complexity index is 1000. The number of nitrogens with one attached hydrogen (secondary N) is 1. The van der Waals surface area contributed by atoms with Gasteiger partial charge in [0.2, 0.25) is 5.91 Å². The highest BCUT2D eigenvalue weighted by atomic mass is 32.1. The molecule has 31 heavy (non-hydrogen) atoms. The van der Waals surface area contributed by atoms with Crippen LogP contribution in [0.15, 0.2) is 30.3 Å². The normalized spacial score (nSPS) is 20.6. The van der Waals surface area contributed by atoms with Crippen molar-refractivity contribution >= 4 is 28.2 Å². The number of nitrogens with zero attached hydrogens (tertiary/aromatic N) is 1. The predicted octanol–water partition coefficient (Wildman–Crippen LogP) is 5.39. The van der Waals surface area contributed by atoms with Crippen LogP contribution in [-0.4, -0.2) is 18.5 Å². The van der Waals surface area contributed by atoms with Gasteiger partial charge in [0.1, 0.15) is 5.00 Å². The number of hydrogen-bond donors (Lipinski definition) is 1. The van der Waals surface area contributed by atoms with Crippen molar-refractivity contribution in [2.45, 2.75) is 63.7 Å². The van der Waals surface area contributed by atoms with E-state index in [0.717, 1.165) is 28.8 Å². The summed E-state index contributed by atoms with van der Waals surface area (Å²) in [6, 6.07) is 12.4. The second-order valence-electron chi connectivity index (χ2n) is 8.57. The van der Waals surface area contributed by atoms with Crippen LogP contribution in [0.25, 0.3) is 0 Å². The molecular weight excluding hydrogens is 408 g/mol. The van der Waals surface area contributed by atoms with Crippen molar-refractivity contribution in [1.29, 1.82) is 5.26 Å². The molecule has 1 aromatic carbocycles. The van der Waals surface area contributed by atoms with Crippen molar-refractivity contribution in [2.75, 3.05) is 11.9 Å². The van der Waals surface area contributed by atoms with E-state index in [0.29, 0.717) is 42.2 Å². The quantitative estimate of drug-likeness (QED) is 0.616. The molecule has 4 rings (SSSR count). The molecule has 1 heterocycles. The van der Waals surface area contributed by atoms with Gasteiger partial charge in [0, 0.05) is 17.7 Å². The summed E-state index contributed by atoms with van der Waals surface area (Å²) >= 11 is 1.43. The standard InChI is InChI=1S/C25H28N2O3S/c1-2-30-24(29)22-19-12-13-25(16-26,18-10-4-3-5-11-18)15-20(19)31-23(22)27-21(28)14-17-8-6-7-9-17/h3-5,10-11,17H,2,6-9,12-15H2,1H3,(H,27,28). The van der Waals surface area contributed by atoms with Gasteiger partial charge in [-0.1, -0.05) is 43.2 Å². The molecule has 2 aliphatic carbocycles. The third-order valence-corrected chi connectivity index (χ3v) is 7.72. The van der Waals surface area contributed by atoms with E-state index in [9.17, 15) is 14.9 Å². The number of nitriles is 1. The van der Waals surface area contributed by atoms with Crippen LogP contribution in [-0.2, 0) is 27.8 Å². The molecule has 1 N–H and O–H groups in total. The summed E-state index contributed by atoms with van der Waals surface area (Å²) in [6.45, 7) is 2.07. The first-order valence-electron chi connectivity index (χ1n) is 11.1. The van der Waals surface area contributed by atoms with E-state index in [1.54, 1.807) is 6.92 Å². The van der Waals surface area contributed by atoms with Gasteiger partial charge in [-0.05, 0) is 49.7 Å². The number of anilines is 1. The minimum Gasteiger partial charge on any atom is -0.462 e. The van der Waals surface area contributed by atoms with Crippen molar-refractivity contribution in [2.24, 2.45) is 5.92 Å². The van der Waals surface area contributed by atoms with Gasteiger partial charge < -0.3 is 10.1 Å².